The number of allylic oxidation sites excluding steroid dienone is 4. The van der Waals surface area contributed by atoms with Crippen molar-refractivity contribution in [3.8, 4) is 0 Å². The highest BCUT2D eigenvalue weighted by molar-refractivity contribution is 5.80. The molecule has 102 valence electrons. The van der Waals surface area contributed by atoms with Crippen LogP contribution in [0.25, 0.3) is 0 Å². The minimum Gasteiger partial charge on any atom is -0.261 e. The molecule has 0 fully saturated rings. The Balaban J connectivity index is 5.07. The molecule has 0 aromatic rings. The Hall–Kier alpha value is -1.11. The van der Waals surface area contributed by atoms with Crippen LogP contribution >= 0.6 is 0 Å². The van der Waals surface area contributed by atoms with Crippen molar-refractivity contribution in [2.45, 2.75) is 55.4 Å². The molecule has 0 unspecified atom stereocenters. The first kappa shape index (κ1) is 16.9. The van der Waals surface area contributed by atoms with Crippen LogP contribution in [-0.4, -0.2) is 6.21 Å². The smallest absolute Gasteiger partial charge is 0.0404 e. The van der Waals surface area contributed by atoms with Crippen LogP contribution < -0.4 is 0 Å². The Kier molecular flexibility index (Phi) is 5.34. The van der Waals surface area contributed by atoms with E-state index in [1.165, 1.54) is 5.57 Å². The largest absolute Gasteiger partial charge is 0.261 e. The second-order valence-electron chi connectivity index (χ2n) is 6.97. The summed E-state index contributed by atoms with van der Waals surface area (Å²) in [6.45, 7) is 25.3. The summed E-state index contributed by atoms with van der Waals surface area (Å²) in [5.74, 6) is 0. The highest BCUT2D eigenvalue weighted by Gasteiger charge is 2.17. The molecular formula is C17H29N. The van der Waals surface area contributed by atoms with Gasteiger partial charge in [-0.25, -0.2) is 0 Å². The van der Waals surface area contributed by atoms with Crippen LogP contribution in [0.15, 0.2) is 40.6 Å². The average molecular weight is 247 g/mol. The van der Waals surface area contributed by atoms with E-state index in [-0.39, 0.29) is 10.8 Å². The predicted octanol–water partition coefficient (Wildman–Crippen LogP) is 5.56. The van der Waals surface area contributed by atoms with Crippen molar-refractivity contribution in [1.82, 2.24) is 0 Å². The zero-order valence-corrected chi connectivity index (χ0v) is 13.4. The summed E-state index contributed by atoms with van der Waals surface area (Å²) in [5.41, 5.74) is 4.51. The molecule has 0 aliphatic heterocycles. The van der Waals surface area contributed by atoms with E-state index < -0.39 is 0 Å². The third kappa shape index (κ3) is 5.03. The van der Waals surface area contributed by atoms with Gasteiger partial charge in [0.15, 0.2) is 0 Å². The van der Waals surface area contributed by atoms with Crippen molar-refractivity contribution in [3.05, 3.63) is 35.6 Å². The lowest BCUT2D eigenvalue weighted by Crippen LogP contribution is -2.11. The first-order chi connectivity index (χ1) is 7.87. The Morgan fingerprint density at radius 3 is 1.67 bits per heavy atom. The van der Waals surface area contributed by atoms with E-state index in [0.29, 0.717) is 0 Å². The zero-order chi connectivity index (χ0) is 14.7. The van der Waals surface area contributed by atoms with Gasteiger partial charge in [0.25, 0.3) is 0 Å². The third-order valence-electron chi connectivity index (χ3n) is 3.28. The SMILES string of the molecule is C=C(/C=N\C(C)=C(/C)C(=C)C(C)(C)C)C(C)(C)C. The van der Waals surface area contributed by atoms with Crippen molar-refractivity contribution >= 4 is 6.21 Å². The maximum atomic E-state index is 4.52. The van der Waals surface area contributed by atoms with Gasteiger partial charge in [0.2, 0.25) is 0 Å². The second kappa shape index (κ2) is 5.69. The molecule has 18 heavy (non-hydrogen) atoms. The van der Waals surface area contributed by atoms with E-state index in [2.05, 4.69) is 66.6 Å². The third-order valence-corrected chi connectivity index (χ3v) is 3.28. The normalized spacial score (nSPS) is 14.7. The van der Waals surface area contributed by atoms with Crippen molar-refractivity contribution in [2.24, 2.45) is 15.8 Å². The van der Waals surface area contributed by atoms with Gasteiger partial charge in [0.1, 0.15) is 0 Å². The van der Waals surface area contributed by atoms with E-state index in [4.69, 9.17) is 0 Å². The Bertz CT molecular complexity index is 392. The van der Waals surface area contributed by atoms with Gasteiger partial charge in [-0.15, -0.1) is 0 Å². The summed E-state index contributed by atoms with van der Waals surface area (Å²) in [6.07, 6.45) is 1.87. The summed E-state index contributed by atoms with van der Waals surface area (Å²) >= 11 is 0. The average Bonchev–Trinajstić information content (AvgIpc) is 2.20. The number of aliphatic imine (C=N–C) groups is 1. The van der Waals surface area contributed by atoms with Crippen LogP contribution in [0, 0.1) is 10.8 Å². The van der Waals surface area contributed by atoms with Gasteiger partial charge >= 0.3 is 0 Å². The first-order valence-electron chi connectivity index (χ1n) is 6.48. The van der Waals surface area contributed by atoms with Crippen molar-refractivity contribution in [2.75, 3.05) is 0 Å². The van der Waals surface area contributed by atoms with Gasteiger partial charge in [0, 0.05) is 11.9 Å². The second-order valence-corrected chi connectivity index (χ2v) is 6.97. The molecule has 0 radical (unpaired) electrons. The van der Waals surface area contributed by atoms with E-state index in [0.717, 1.165) is 16.8 Å². The molecular weight excluding hydrogens is 218 g/mol. The highest BCUT2D eigenvalue weighted by Crippen LogP contribution is 2.31. The summed E-state index contributed by atoms with van der Waals surface area (Å²) < 4.78 is 0. The predicted molar refractivity (Wildman–Crippen MR) is 84.1 cm³/mol. The summed E-state index contributed by atoms with van der Waals surface area (Å²) in [4.78, 5) is 4.52. The van der Waals surface area contributed by atoms with Crippen LogP contribution in [0.5, 0.6) is 0 Å². The van der Waals surface area contributed by atoms with Gasteiger partial charge in [-0.1, -0.05) is 54.7 Å². The molecule has 0 N–H and O–H groups in total. The van der Waals surface area contributed by atoms with E-state index in [9.17, 15) is 0 Å². The van der Waals surface area contributed by atoms with Gasteiger partial charge in [-0.3, -0.25) is 4.99 Å². The number of nitrogens with zero attached hydrogens (tertiary/aromatic N) is 1. The molecule has 0 aliphatic rings. The monoisotopic (exact) mass is 247 g/mol. The van der Waals surface area contributed by atoms with Gasteiger partial charge in [-0.05, 0) is 41.4 Å². The molecule has 0 rings (SSSR count). The number of rotatable bonds is 3. The van der Waals surface area contributed by atoms with Gasteiger partial charge in [-0.2, -0.15) is 0 Å². The molecule has 0 heterocycles. The van der Waals surface area contributed by atoms with E-state index >= 15 is 0 Å². The van der Waals surface area contributed by atoms with Crippen LogP contribution in [0.3, 0.4) is 0 Å². The van der Waals surface area contributed by atoms with Crippen molar-refractivity contribution in [3.63, 3.8) is 0 Å². The minimum absolute atomic E-state index is 0.0682. The lowest BCUT2D eigenvalue weighted by molar-refractivity contribution is 0.511. The fourth-order valence-electron chi connectivity index (χ4n) is 1.25. The minimum atomic E-state index is 0.0682. The summed E-state index contributed by atoms with van der Waals surface area (Å²) in [7, 11) is 0. The molecule has 0 saturated heterocycles. The quantitative estimate of drug-likeness (QED) is 0.457. The van der Waals surface area contributed by atoms with Crippen LogP contribution in [0.1, 0.15) is 55.4 Å². The Morgan fingerprint density at radius 1 is 0.889 bits per heavy atom. The van der Waals surface area contributed by atoms with Crippen LogP contribution in [0.2, 0.25) is 0 Å². The maximum Gasteiger partial charge on any atom is 0.0404 e. The van der Waals surface area contributed by atoms with Gasteiger partial charge in [0.05, 0.1) is 0 Å². The molecule has 0 spiro atoms. The van der Waals surface area contributed by atoms with E-state index in [1.807, 2.05) is 13.1 Å². The van der Waals surface area contributed by atoms with Crippen molar-refractivity contribution in [1.29, 1.82) is 0 Å². The molecule has 0 amide bonds. The first-order valence-corrected chi connectivity index (χ1v) is 6.48. The summed E-state index contributed by atoms with van der Waals surface area (Å²) in [6, 6.07) is 0. The van der Waals surface area contributed by atoms with Crippen molar-refractivity contribution < 1.29 is 0 Å². The van der Waals surface area contributed by atoms with Crippen LogP contribution in [-0.2, 0) is 0 Å². The maximum absolute atomic E-state index is 4.52. The van der Waals surface area contributed by atoms with E-state index in [1.54, 1.807) is 0 Å². The number of hydrogen-bond donors (Lipinski definition) is 0. The lowest BCUT2D eigenvalue weighted by Gasteiger charge is -2.23. The Labute approximate surface area is 113 Å². The molecule has 0 aromatic heterocycles. The molecule has 0 atom stereocenters. The zero-order valence-electron chi connectivity index (χ0n) is 13.4. The highest BCUT2D eigenvalue weighted by atomic mass is 14.7. The molecule has 0 aromatic carbocycles. The standard InChI is InChI=1S/C17H29N/c1-12(16(5,6)7)11-18-15(4)13(2)14(3)17(8,9)10/h11H,1,3H2,2,4-10H3/b15-13+,18-11-. The lowest BCUT2D eigenvalue weighted by atomic mass is 9.83. The number of hydrogen-bond acceptors (Lipinski definition) is 1. The fraction of sp³-hybridized carbons (Fsp3) is 0.588. The Morgan fingerprint density at radius 2 is 1.33 bits per heavy atom. The van der Waals surface area contributed by atoms with Crippen LogP contribution in [0.4, 0.5) is 0 Å². The topological polar surface area (TPSA) is 12.4 Å². The molecule has 0 saturated carbocycles. The molecule has 1 heteroatoms. The molecule has 1 nitrogen and oxygen atoms in total. The van der Waals surface area contributed by atoms with Gasteiger partial charge < -0.3 is 0 Å². The molecule has 0 aliphatic carbocycles. The fourth-order valence-corrected chi connectivity index (χ4v) is 1.25. The summed E-state index contributed by atoms with van der Waals surface area (Å²) in [5, 5.41) is 0. The molecule has 0 bridgehead atoms.